The number of primary amides is 1. The van der Waals surface area contributed by atoms with Crippen molar-refractivity contribution in [3.8, 4) is 10.6 Å². The number of amides is 1. The van der Waals surface area contributed by atoms with Gasteiger partial charge in [-0.15, -0.1) is 11.3 Å². The Balaban J connectivity index is 1.38. The fourth-order valence-corrected chi connectivity index (χ4v) is 4.90. The molecule has 1 aromatic carbocycles. The van der Waals surface area contributed by atoms with Crippen LogP contribution in [-0.2, 0) is 0 Å². The molecule has 0 bridgehead atoms. The third kappa shape index (κ3) is 4.68. The quantitative estimate of drug-likeness (QED) is 0.437. The van der Waals surface area contributed by atoms with Crippen molar-refractivity contribution in [3.05, 3.63) is 53.9 Å². The maximum atomic E-state index is 11.5. The molecule has 3 aromatic heterocycles. The molecule has 0 spiro atoms. The summed E-state index contributed by atoms with van der Waals surface area (Å²) in [5, 5.41) is 4.12. The second-order valence-corrected chi connectivity index (χ2v) is 9.27. The maximum Gasteiger partial charge on any atom is 0.248 e. The minimum atomic E-state index is -0.456. The molecule has 5 rings (SSSR count). The van der Waals surface area contributed by atoms with Crippen molar-refractivity contribution in [1.82, 2.24) is 24.8 Å². The van der Waals surface area contributed by atoms with Gasteiger partial charge in [0.05, 0.1) is 10.2 Å². The first-order valence-corrected chi connectivity index (χ1v) is 12.1. The summed E-state index contributed by atoms with van der Waals surface area (Å²) in [4.78, 5) is 34.9. The number of hydrogen-bond donors (Lipinski definition) is 2. The van der Waals surface area contributed by atoms with E-state index in [9.17, 15) is 4.79 Å². The summed E-state index contributed by atoms with van der Waals surface area (Å²) >= 11 is 1.52. The smallest absolute Gasteiger partial charge is 0.248 e. The highest BCUT2D eigenvalue weighted by molar-refractivity contribution is 7.21. The Bertz CT molecular complexity index is 1350. The first-order chi connectivity index (χ1) is 16.5. The second kappa shape index (κ2) is 9.32. The van der Waals surface area contributed by atoms with Gasteiger partial charge in [-0.25, -0.2) is 15.0 Å². The van der Waals surface area contributed by atoms with Crippen LogP contribution in [0.15, 0.2) is 42.6 Å². The van der Waals surface area contributed by atoms with E-state index in [0.29, 0.717) is 17.2 Å². The molecule has 1 amide bonds. The Labute approximate surface area is 201 Å². The standard InChI is InChI=1S/C24H26N8OS/c1-3-31-7-9-32(10-8-31)24-27-15(2)11-21(30-24)29-20-13-18-19(14-26-20)34-23(28-18)17-6-4-5-16(12-17)22(25)33/h4-6,11-14H,3,7-10H2,1-2H3,(H2,25,33)(H,26,27,29,30). The summed E-state index contributed by atoms with van der Waals surface area (Å²) in [5.74, 6) is 1.65. The Morgan fingerprint density at radius 3 is 2.68 bits per heavy atom. The molecule has 1 aliphatic rings. The molecule has 0 saturated carbocycles. The summed E-state index contributed by atoms with van der Waals surface area (Å²) in [7, 11) is 0. The van der Waals surface area contributed by atoms with Crippen LogP contribution in [0, 0.1) is 6.92 Å². The summed E-state index contributed by atoms with van der Waals surface area (Å²) < 4.78 is 0.957. The van der Waals surface area contributed by atoms with E-state index in [1.165, 1.54) is 11.3 Å². The molecule has 9 nitrogen and oxygen atoms in total. The van der Waals surface area contributed by atoms with E-state index in [0.717, 1.165) is 65.2 Å². The summed E-state index contributed by atoms with van der Waals surface area (Å²) in [6.07, 6.45) is 1.80. The molecular formula is C24H26N8OS. The normalized spacial score (nSPS) is 14.5. The van der Waals surface area contributed by atoms with Crippen molar-refractivity contribution in [2.75, 3.05) is 42.9 Å². The summed E-state index contributed by atoms with van der Waals surface area (Å²) in [5.41, 5.74) is 8.46. The average molecular weight is 475 g/mol. The topological polar surface area (TPSA) is 113 Å². The number of likely N-dealkylation sites (N-methyl/N-ethyl adjacent to an activating group) is 1. The SMILES string of the molecule is CCN1CCN(c2nc(C)cc(Nc3cc4nc(-c5cccc(C(N)=O)c5)sc4cn3)n2)CC1. The molecule has 1 aliphatic heterocycles. The van der Waals surface area contributed by atoms with Crippen LogP contribution in [-0.4, -0.2) is 63.5 Å². The molecule has 0 radical (unpaired) electrons. The Morgan fingerprint density at radius 2 is 1.91 bits per heavy atom. The number of benzene rings is 1. The summed E-state index contributed by atoms with van der Waals surface area (Å²) in [6, 6.07) is 11.0. The Hall–Kier alpha value is -3.63. The van der Waals surface area contributed by atoms with Crippen LogP contribution in [0.4, 0.5) is 17.6 Å². The molecule has 0 aliphatic carbocycles. The monoisotopic (exact) mass is 474 g/mol. The van der Waals surface area contributed by atoms with Gasteiger partial charge >= 0.3 is 0 Å². The number of hydrogen-bond acceptors (Lipinski definition) is 9. The number of carbonyl (C=O) groups excluding carboxylic acids is 1. The van der Waals surface area contributed by atoms with E-state index >= 15 is 0 Å². The Morgan fingerprint density at radius 1 is 1.09 bits per heavy atom. The zero-order chi connectivity index (χ0) is 23.7. The van der Waals surface area contributed by atoms with Gasteiger partial charge in [0.15, 0.2) is 0 Å². The Kier molecular flexibility index (Phi) is 6.08. The highest BCUT2D eigenvalue weighted by atomic mass is 32.1. The highest BCUT2D eigenvalue weighted by Gasteiger charge is 2.19. The highest BCUT2D eigenvalue weighted by Crippen LogP contribution is 2.31. The van der Waals surface area contributed by atoms with Gasteiger partial charge in [0.25, 0.3) is 0 Å². The van der Waals surface area contributed by atoms with Crippen molar-refractivity contribution in [1.29, 1.82) is 0 Å². The lowest BCUT2D eigenvalue weighted by atomic mass is 10.1. The lowest BCUT2D eigenvalue weighted by Gasteiger charge is -2.34. The van der Waals surface area contributed by atoms with E-state index in [-0.39, 0.29) is 0 Å². The molecule has 4 aromatic rings. The van der Waals surface area contributed by atoms with Crippen LogP contribution in [0.1, 0.15) is 23.0 Å². The second-order valence-electron chi connectivity index (χ2n) is 8.24. The number of nitrogens with two attached hydrogens (primary N) is 1. The van der Waals surface area contributed by atoms with Crippen LogP contribution in [0.5, 0.6) is 0 Å². The number of pyridine rings is 1. The number of aryl methyl sites for hydroxylation is 1. The van der Waals surface area contributed by atoms with Crippen LogP contribution in [0.25, 0.3) is 20.8 Å². The number of rotatable bonds is 6. The van der Waals surface area contributed by atoms with Crippen molar-refractivity contribution in [2.45, 2.75) is 13.8 Å². The minimum Gasteiger partial charge on any atom is -0.366 e. The number of piperazine rings is 1. The van der Waals surface area contributed by atoms with Crippen LogP contribution >= 0.6 is 11.3 Å². The molecule has 4 heterocycles. The number of aromatic nitrogens is 4. The molecule has 3 N–H and O–H groups in total. The van der Waals surface area contributed by atoms with Gasteiger partial charge in [-0.2, -0.15) is 4.98 Å². The van der Waals surface area contributed by atoms with Crippen molar-refractivity contribution in [3.63, 3.8) is 0 Å². The van der Waals surface area contributed by atoms with E-state index < -0.39 is 5.91 Å². The van der Waals surface area contributed by atoms with Crippen LogP contribution in [0.3, 0.4) is 0 Å². The summed E-state index contributed by atoms with van der Waals surface area (Å²) in [6.45, 7) is 9.10. The van der Waals surface area contributed by atoms with Crippen molar-refractivity contribution < 1.29 is 4.79 Å². The molecular weight excluding hydrogens is 448 g/mol. The lowest BCUT2D eigenvalue weighted by molar-refractivity contribution is 0.100. The van der Waals surface area contributed by atoms with Crippen LogP contribution < -0.4 is 16.0 Å². The zero-order valence-corrected chi connectivity index (χ0v) is 20.0. The van der Waals surface area contributed by atoms with E-state index in [2.05, 4.69) is 32.0 Å². The third-order valence-corrected chi connectivity index (χ3v) is 6.93. The largest absolute Gasteiger partial charge is 0.366 e. The fourth-order valence-electron chi connectivity index (χ4n) is 3.99. The van der Waals surface area contributed by atoms with Gasteiger partial charge in [-0.05, 0) is 25.6 Å². The number of fused-ring (bicyclic) bond motifs is 1. The fraction of sp³-hybridized carbons (Fsp3) is 0.292. The zero-order valence-electron chi connectivity index (χ0n) is 19.2. The van der Waals surface area contributed by atoms with Crippen molar-refractivity contribution in [2.24, 2.45) is 5.73 Å². The lowest BCUT2D eigenvalue weighted by Crippen LogP contribution is -2.46. The van der Waals surface area contributed by atoms with Gasteiger partial charge in [0.1, 0.15) is 16.6 Å². The molecule has 174 valence electrons. The van der Waals surface area contributed by atoms with E-state index in [4.69, 9.17) is 15.7 Å². The third-order valence-electron chi connectivity index (χ3n) is 5.87. The molecule has 1 saturated heterocycles. The van der Waals surface area contributed by atoms with Crippen molar-refractivity contribution >= 4 is 45.0 Å². The number of nitrogens with zero attached hydrogens (tertiary/aromatic N) is 6. The average Bonchev–Trinajstić information content (AvgIpc) is 3.27. The van der Waals surface area contributed by atoms with E-state index in [1.807, 2.05) is 31.2 Å². The minimum absolute atomic E-state index is 0.456. The molecule has 1 fully saturated rings. The first-order valence-electron chi connectivity index (χ1n) is 11.3. The van der Waals surface area contributed by atoms with Gasteiger partial charge in [-0.3, -0.25) is 4.79 Å². The molecule has 10 heteroatoms. The molecule has 0 unspecified atom stereocenters. The van der Waals surface area contributed by atoms with Crippen LogP contribution in [0.2, 0.25) is 0 Å². The first kappa shape index (κ1) is 22.2. The number of anilines is 3. The van der Waals surface area contributed by atoms with Gasteiger partial charge < -0.3 is 20.9 Å². The number of thiazole rings is 1. The van der Waals surface area contributed by atoms with Gasteiger partial charge in [-0.1, -0.05) is 19.1 Å². The van der Waals surface area contributed by atoms with Gasteiger partial charge in [0, 0.05) is 61.3 Å². The predicted molar refractivity (Wildman–Crippen MR) is 136 cm³/mol. The maximum absolute atomic E-state index is 11.5. The molecule has 0 atom stereocenters. The predicted octanol–water partition coefficient (Wildman–Crippen LogP) is 3.44. The number of nitrogens with one attached hydrogen (secondary N) is 1. The number of carbonyl (C=O) groups is 1. The van der Waals surface area contributed by atoms with E-state index in [1.54, 1.807) is 18.3 Å². The van der Waals surface area contributed by atoms with Gasteiger partial charge in [0.2, 0.25) is 11.9 Å². The molecule has 34 heavy (non-hydrogen) atoms.